The van der Waals surface area contributed by atoms with Crippen molar-refractivity contribution in [3.8, 4) is 0 Å². The number of rotatable bonds is 4. The van der Waals surface area contributed by atoms with Crippen LogP contribution in [0.15, 0.2) is 77.6 Å². The third kappa shape index (κ3) is 4.31. The zero-order valence-corrected chi connectivity index (χ0v) is 16.9. The first-order valence-corrected chi connectivity index (χ1v) is 9.72. The standard InChI is InChI=1S/C24H18ClN3O2/c1-15-9-11-17(12-10-15)23(29)26-18-6-4-5-16(13-18)14-20(25)22-27-21-8-3-2-7-19(21)24(30)28-22/h2-14H,1H3,(H,26,29)(H,27,28,30)/b20-14-. The molecule has 1 amide bonds. The molecule has 0 saturated heterocycles. The summed E-state index contributed by atoms with van der Waals surface area (Å²) in [6.07, 6.45) is 1.69. The molecule has 0 aliphatic heterocycles. The minimum atomic E-state index is -0.249. The topological polar surface area (TPSA) is 74.8 Å². The number of aromatic nitrogens is 2. The molecule has 0 saturated carbocycles. The van der Waals surface area contributed by atoms with Gasteiger partial charge in [-0.1, -0.05) is 53.6 Å². The summed E-state index contributed by atoms with van der Waals surface area (Å²) in [7, 11) is 0. The zero-order valence-electron chi connectivity index (χ0n) is 16.1. The molecule has 0 bridgehead atoms. The van der Waals surface area contributed by atoms with E-state index in [1.165, 1.54) is 0 Å². The van der Waals surface area contributed by atoms with Crippen LogP contribution in [0.25, 0.3) is 22.0 Å². The highest BCUT2D eigenvalue weighted by Crippen LogP contribution is 2.22. The lowest BCUT2D eigenvalue weighted by Crippen LogP contribution is -2.11. The predicted octanol–water partition coefficient (Wildman–Crippen LogP) is 5.22. The van der Waals surface area contributed by atoms with Gasteiger partial charge in [0.2, 0.25) is 0 Å². The molecular weight excluding hydrogens is 398 g/mol. The number of nitrogens with one attached hydrogen (secondary N) is 2. The fourth-order valence-corrected chi connectivity index (χ4v) is 3.24. The lowest BCUT2D eigenvalue weighted by Gasteiger charge is -2.07. The van der Waals surface area contributed by atoms with Gasteiger partial charge in [-0.05, 0) is 55.0 Å². The van der Waals surface area contributed by atoms with Crippen molar-refractivity contribution in [2.24, 2.45) is 0 Å². The normalized spacial score (nSPS) is 11.5. The van der Waals surface area contributed by atoms with Crippen molar-refractivity contribution in [3.63, 3.8) is 0 Å². The van der Waals surface area contributed by atoms with Gasteiger partial charge >= 0.3 is 0 Å². The van der Waals surface area contributed by atoms with Crippen LogP contribution in [-0.4, -0.2) is 15.9 Å². The molecule has 0 spiro atoms. The van der Waals surface area contributed by atoms with Gasteiger partial charge in [0.05, 0.1) is 15.9 Å². The molecule has 5 nitrogen and oxygen atoms in total. The molecule has 1 aromatic heterocycles. The summed E-state index contributed by atoms with van der Waals surface area (Å²) in [6, 6.07) is 21.7. The highest BCUT2D eigenvalue weighted by molar-refractivity contribution is 6.50. The zero-order chi connectivity index (χ0) is 21.1. The molecule has 0 aliphatic carbocycles. The lowest BCUT2D eigenvalue weighted by molar-refractivity contribution is 0.102. The quantitative estimate of drug-likeness (QED) is 0.479. The maximum absolute atomic E-state index is 12.4. The van der Waals surface area contributed by atoms with Gasteiger partial charge < -0.3 is 10.3 Å². The number of H-pyrrole nitrogens is 1. The number of hydrogen-bond donors (Lipinski definition) is 2. The average molecular weight is 416 g/mol. The molecule has 4 aromatic rings. The maximum Gasteiger partial charge on any atom is 0.259 e. The van der Waals surface area contributed by atoms with Crippen LogP contribution in [0.4, 0.5) is 5.69 Å². The average Bonchev–Trinajstić information content (AvgIpc) is 2.74. The van der Waals surface area contributed by atoms with Crippen LogP contribution in [0, 0.1) is 6.92 Å². The van der Waals surface area contributed by atoms with Crippen LogP contribution in [0.2, 0.25) is 0 Å². The number of carbonyl (C=O) groups is 1. The van der Waals surface area contributed by atoms with Crippen LogP contribution in [-0.2, 0) is 0 Å². The molecule has 0 aliphatic rings. The summed E-state index contributed by atoms with van der Waals surface area (Å²) >= 11 is 6.42. The van der Waals surface area contributed by atoms with Gasteiger partial charge in [-0.2, -0.15) is 0 Å². The van der Waals surface area contributed by atoms with Crippen molar-refractivity contribution < 1.29 is 4.79 Å². The summed E-state index contributed by atoms with van der Waals surface area (Å²) in [6.45, 7) is 1.97. The molecule has 30 heavy (non-hydrogen) atoms. The molecule has 0 radical (unpaired) electrons. The van der Waals surface area contributed by atoms with Crippen molar-refractivity contribution in [2.45, 2.75) is 6.92 Å². The molecule has 6 heteroatoms. The molecule has 0 unspecified atom stereocenters. The molecule has 3 aromatic carbocycles. The van der Waals surface area contributed by atoms with Gasteiger partial charge in [0.1, 0.15) is 0 Å². The van der Waals surface area contributed by atoms with Crippen molar-refractivity contribution in [2.75, 3.05) is 5.32 Å². The lowest BCUT2D eigenvalue weighted by atomic mass is 10.1. The Morgan fingerprint density at radius 2 is 1.80 bits per heavy atom. The van der Waals surface area contributed by atoms with E-state index in [1.54, 1.807) is 48.5 Å². The number of anilines is 1. The largest absolute Gasteiger partial charge is 0.322 e. The second-order valence-corrected chi connectivity index (χ2v) is 7.28. The SMILES string of the molecule is Cc1ccc(C(=O)Nc2cccc(/C=C(\Cl)c3nc4ccccc4c(=O)[nH]3)c2)cc1. The molecule has 148 valence electrons. The highest BCUT2D eigenvalue weighted by Gasteiger charge is 2.08. The first-order chi connectivity index (χ1) is 14.5. The first kappa shape index (κ1) is 19.6. The monoisotopic (exact) mass is 415 g/mol. The Bertz CT molecular complexity index is 1320. The molecule has 1 heterocycles. The summed E-state index contributed by atoms with van der Waals surface area (Å²) in [5.41, 5.74) is 3.39. The molecule has 0 atom stereocenters. The van der Waals surface area contributed by atoms with E-state index in [9.17, 15) is 9.59 Å². The number of halogens is 1. The van der Waals surface area contributed by atoms with Crippen LogP contribution < -0.4 is 10.9 Å². The van der Waals surface area contributed by atoms with E-state index in [2.05, 4.69) is 15.3 Å². The van der Waals surface area contributed by atoms with Gasteiger partial charge in [-0.3, -0.25) is 9.59 Å². The number of para-hydroxylation sites is 1. The minimum Gasteiger partial charge on any atom is -0.322 e. The number of benzene rings is 3. The van der Waals surface area contributed by atoms with Crippen LogP contribution in [0.1, 0.15) is 27.3 Å². The highest BCUT2D eigenvalue weighted by atomic mass is 35.5. The van der Waals surface area contributed by atoms with Crippen LogP contribution >= 0.6 is 11.6 Å². The number of amides is 1. The van der Waals surface area contributed by atoms with E-state index in [1.807, 2.05) is 37.3 Å². The Hall–Kier alpha value is -3.70. The maximum atomic E-state index is 12.4. The van der Waals surface area contributed by atoms with Gasteiger partial charge in [0.25, 0.3) is 11.5 Å². The van der Waals surface area contributed by atoms with Crippen molar-refractivity contribution in [1.29, 1.82) is 0 Å². The number of aryl methyl sites for hydroxylation is 1. The molecule has 4 rings (SSSR count). The van der Waals surface area contributed by atoms with E-state index in [4.69, 9.17) is 11.6 Å². The number of aromatic amines is 1. The summed E-state index contributed by atoms with van der Waals surface area (Å²) in [5.74, 6) is 0.0946. The number of fused-ring (bicyclic) bond motifs is 1. The fourth-order valence-electron chi connectivity index (χ4n) is 3.03. The summed E-state index contributed by atoms with van der Waals surface area (Å²) in [4.78, 5) is 31.8. The van der Waals surface area contributed by atoms with E-state index < -0.39 is 0 Å². The first-order valence-electron chi connectivity index (χ1n) is 9.34. The second-order valence-electron chi connectivity index (χ2n) is 6.87. The van der Waals surface area contributed by atoms with Crippen LogP contribution in [0.3, 0.4) is 0 Å². The summed E-state index contributed by atoms with van der Waals surface area (Å²) < 4.78 is 0. The van der Waals surface area contributed by atoms with E-state index in [0.717, 1.165) is 11.1 Å². The third-order valence-electron chi connectivity index (χ3n) is 4.59. The fraction of sp³-hybridized carbons (Fsp3) is 0.0417. The number of nitrogens with zero attached hydrogens (tertiary/aromatic N) is 1. The van der Waals surface area contributed by atoms with Crippen LogP contribution in [0.5, 0.6) is 0 Å². The predicted molar refractivity (Wildman–Crippen MR) is 122 cm³/mol. The number of carbonyl (C=O) groups excluding carboxylic acids is 1. The van der Waals surface area contributed by atoms with E-state index >= 15 is 0 Å². The third-order valence-corrected chi connectivity index (χ3v) is 4.88. The van der Waals surface area contributed by atoms with Crippen molar-refractivity contribution >= 4 is 45.2 Å². The Morgan fingerprint density at radius 3 is 2.60 bits per heavy atom. The molecule has 2 N–H and O–H groups in total. The summed E-state index contributed by atoms with van der Waals surface area (Å²) in [5, 5.41) is 3.68. The van der Waals surface area contributed by atoms with E-state index in [0.29, 0.717) is 27.2 Å². The Balaban J connectivity index is 1.59. The van der Waals surface area contributed by atoms with Gasteiger partial charge in [0, 0.05) is 11.3 Å². The van der Waals surface area contributed by atoms with Crippen molar-refractivity contribution in [3.05, 3.63) is 106 Å². The minimum absolute atomic E-state index is 0.192. The van der Waals surface area contributed by atoms with Gasteiger partial charge in [-0.25, -0.2) is 4.98 Å². The van der Waals surface area contributed by atoms with Crippen molar-refractivity contribution in [1.82, 2.24) is 9.97 Å². The van der Waals surface area contributed by atoms with E-state index in [-0.39, 0.29) is 17.3 Å². The molecule has 0 fully saturated rings. The Kier molecular flexibility index (Phi) is 5.46. The molecular formula is C24H18ClN3O2. The Labute approximate surface area is 178 Å². The number of hydrogen-bond acceptors (Lipinski definition) is 3. The van der Waals surface area contributed by atoms with Gasteiger partial charge in [-0.15, -0.1) is 0 Å². The smallest absolute Gasteiger partial charge is 0.259 e. The van der Waals surface area contributed by atoms with Gasteiger partial charge in [0.15, 0.2) is 5.82 Å². The second kappa shape index (κ2) is 8.35. The Morgan fingerprint density at radius 1 is 1.03 bits per heavy atom.